The summed E-state index contributed by atoms with van der Waals surface area (Å²) in [6, 6.07) is -0.101. The molecule has 6 nitrogen and oxygen atoms in total. The molecule has 0 radical (unpaired) electrons. The zero-order chi connectivity index (χ0) is 15.5. The van der Waals surface area contributed by atoms with Gasteiger partial charge in [0.1, 0.15) is 5.60 Å². The summed E-state index contributed by atoms with van der Waals surface area (Å²) in [7, 11) is 0. The molecule has 1 N–H and O–H groups in total. The molecule has 1 saturated heterocycles. The minimum Gasteiger partial charge on any atom is -0.444 e. The molecule has 0 bridgehead atoms. The number of amides is 3. The second-order valence-corrected chi connectivity index (χ2v) is 6.60. The third-order valence-electron chi connectivity index (χ3n) is 3.42. The van der Waals surface area contributed by atoms with E-state index in [1.807, 2.05) is 26.8 Å². The van der Waals surface area contributed by atoms with E-state index in [0.717, 1.165) is 0 Å². The fraction of sp³-hybridized carbons (Fsp3) is 0.733. The number of piperazine rings is 1. The van der Waals surface area contributed by atoms with Crippen LogP contribution in [0.15, 0.2) is 12.3 Å². The van der Waals surface area contributed by atoms with E-state index in [-0.39, 0.29) is 12.1 Å². The highest BCUT2D eigenvalue weighted by Crippen LogP contribution is 2.29. The maximum absolute atomic E-state index is 11.9. The van der Waals surface area contributed by atoms with Gasteiger partial charge in [-0.15, -0.1) is 0 Å². The first-order valence-corrected chi connectivity index (χ1v) is 7.55. The Kier molecular flexibility index (Phi) is 4.75. The van der Waals surface area contributed by atoms with Crippen molar-refractivity contribution in [2.24, 2.45) is 5.92 Å². The van der Waals surface area contributed by atoms with E-state index < -0.39 is 5.60 Å². The highest BCUT2D eigenvalue weighted by Gasteiger charge is 2.27. The van der Waals surface area contributed by atoms with Gasteiger partial charge in [0.05, 0.1) is 0 Å². The van der Waals surface area contributed by atoms with Crippen molar-refractivity contribution < 1.29 is 14.3 Å². The summed E-state index contributed by atoms with van der Waals surface area (Å²) in [6.07, 6.45) is 5.91. The number of rotatable bonds is 2. The molecule has 6 heteroatoms. The van der Waals surface area contributed by atoms with Crippen molar-refractivity contribution in [1.82, 2.24) is 15.1 Å². The topological polar surface area (TPSA) is 61.9 Å². The largest absolute Gasteiger partial charge is 0.444 e. The summed E-state index contributed by atoms with van der Waals surface area (Å²) in [5, 5.41) is 2.78. The molecule has 118 valence electrons. The summed E-state index contributed by atoms with van der Waals surface area (Å²) in [4.78, 5) is 27.2. The minimum absolute atomic E-state index is 0.101. The average molecular weight is 295 g/mol. The quantitative estimate of drug-likeness (QED) is 0.849. The second-order valence-electron chi connectivity index (χ2n) is 6.60. The SMILES string of the molecule is CC(C)(C)OC(=O)N1CCN(C(=O)N/C=C/C2CC2)CC1. The van der Waals surface area contributed by atoms with Crippen molar-refractivity contribution in [2.75, 3.05) is 26.2 Å². The second kappa shape index (κ2) is 6.37. The van der Waals surface area contributed by atoms with Crippen LogP contribution in [0.1, 0.15) is 33.6 Å². The van der Waals surface area contributed by atoms with Gasteiger partial charge in [-0.2, -0.15) is 0 Å². The lowest BCUT2D eigenvalue weighted by Crippen LogP contribution is -2.53. The van der Waals surface area contributed by atoms with E-state index in [1.165, 1.54) is 12.8 Å². The molecule has 2 rings (SSSR count). The molecule has 1 aliphatic heterocycles. The van der Waals surface area contributed by atoms with Gasteiger partial charge in [0.2, 0.25) is 0 Å². The van der Waals surface area contributed by atoms with Gasteiger partial charge >= 0.3 is 12.1 Å². The number of nitrogens with one attached hydrogen (secondary N) is 1. The van der Waals surface area contributed by atoms with Crippen LogP contribution in [0.25, 0.3) is 0 Å². The molecule has 0 atom stereocenters. The zero-order valence-electron chi connectivity index (χ0n) is 13.1. The molecular weight excluding hydrogens is 270 g/mol. The van der Waals surface area contributed by atoms with Crippen molar-refractivity contribution in [3.8, 4) is 0 Å². The van der Waals surface area contributed by atoms with E-state index in [4.69, 9.17) is 4.74 Å². The molecule has 2 fully saturated rings. The molecule has 1 saturated carbocycles. The Bertz CT molecular complexity index is 416. The smallest absolute Gasteiger partial charge is 0.410 e. The normalized spacial score (nSPS) is 19.8. The Morgan fingerprint density at radius 3 is 2.19 bits per heavy atom. The maximum atomic E-state index is 11.9. The van der Waals surface area contributed by atoms with E-state index in [9.17, 15) is 9.59 Å². The summed E-state index contributed by atoms with van der Waals surface area (Å²) >= 11 is 0. The first-order valence-electron chi connectivity index (χ1n) is 7.55. The Hall–Kier alpha value is -1.72. The number of ether oxygens (including phenoxy) is 1. The predicted molar refractivity (Wildman–Crippen MR) is 79.8 cm³/mol. The monoisotopic (exact) mass is 295 g/mol. The van der Waals surface area contributed by atoms with Crippen molar-refractivity contribution in [2.45, 2.75) is 39.2 Å². The molecule has 0 spiro atoms. The van der Waals surface area contributed by atoms with Crippen LogP contribution in [0.4, 0.5) is 9.59 Å². The van der Waals surface area contributed by atoms with E-state index in [1.54, 1.807) is 16.0 Å². The van der Waals surface area contributed by atoms with Gasteiger partial charge in [0.25, 0.3) is 0 Å². The minimum atomic E-state index is -0.487. The van der Waals surface area contributed by atoms with Crippen LogP contribution < -0.4 is 5.32 Å². The number of carbonyl (C=O) groups is 2. The van der Waals surface area contributed by atoms with Crippen LogP contribution >= 0.6 is 0 Å². The van der Waals surface area contributed by atoms with Crippen LogP contribution in [-0.4, -0.2) is 53.7 Å². The molecule has 0 unspecified atom stereocenters. The van der Waals surface area contributed by atoms with Gasteiger partial charge in [-0.1, -0.05) is 6.08 Å². The Morgan fingerprint density at radius 2 is 1.67 bits per heavy atom. The van der Waals surface area contributed by atoms with Crippen LogP contribution in [0.3, 0.4) is 0 Å². The van der Waals surface area contributed by atoms with Gasteiger partial charge in [-0.3, -0.25) is 0 Å². The van der Waals surface area contributed by atoms with E-state index in [2.05, 4.69) is 5.32 Å². The van der Waals surface area contributed by atoms with Crippen molar-refractivity contribution >= 4 is 12.1 Å². The van der Waals surface area contributed by atoms with E-state index >= 15 is 0 Å². The molecule has 0 aromatic rings. The molecular formula is C15H25N3O3. The molecule has 1 heterocycles. The summed E-state index contributed by atoms with van der Waals surface area (Å²) in [5.74, 6) is 0.648. The van der Waals surface area contributed by atoms with Crippen LogP contribution in [0.2, 0.25) is 0 Å². The van der Waals surface area contributed by atoms with Gasteiger partial charge in [-0.05, 0) is 39.5 Å². The van der Waals surface area contributed by atoms with Crippen molar-refractivity contribution in [3.63, 3.8) is 0 Å². The number of allylic oxidation sites excluding steroid dienone is 1. The van der Waals surface area contributed by atoms with Crippen LogP contribution in [0, 0.1) is 5.92 Å². The lowest BCUT2D eigenvalue weighted by Gasteiger charge is -2.35. The molecule has 21 heavy (non-hydrogen) atoms. The predicted octanol–water partition coefficient (Wildman–Crippen LogP) is 2.17. The molecule has 0 aromatic heterocycles. The highest BCUT2D eigenvalue weighted by atomic mass is 16.6. The molecule has 3 amide bonds. The number of hydrogen-bond donors (Lipinski definition) is 1. The van der Waals surface area contributed by atoms with Crippen molar-refractivity contribution in [3.05, 3.63) is 12.3 Å². The fourth-order valence-electron chi connectivity index (χ4n) is 2.05. The number of nitrogens with zero attached hydrogens (tertiary/aromatic N) is 2. The highest BCUT2D eigenvalue weighted by molar-refractivity contribution is 5.76. The standard InChI is InChI=1S/C15H25N3O3/c1-15(2,3)21-14(20)18-10-8-17(9-11-18)13(19)16-7-6-12-4-5-12/h6-7,12H,4-5,8-11H2,1-3H3,(H,16,19)/b7-6+. The van der Waals surface area contributed by atoms with E-state index in [0.29, 0.717) is 32.1 Å². The first kappa shape index (κ1) is 15.7. The third kappa shape index (κ3) is 5.28. The third-order valence-corrected chi connectivity index (χ3v) is 3.42. The fourth-order valence-corrected chi connectivity index (χ4v) is 2.05. The zero-order valence-corrected chi connectivity index (χ0v) is 13.1. The number of hydrogen-bond acceptors (Lipinski definition) is 3. The summed E-state index contributed by atoms with van der Waals surface area (Å²) in [5.41, 5.74) is -0.487. The maximum Gasteiger partial charge on any atom is 0.410 e. The van der Waals surface area contributed by atoms with Crippen molar-refractivity contribution in [1.29, 1.82) is 0 Å². The number of urea groups is 1. The van der Waals surface area contributed by atoms with Gasteiger partial charge in [0.15, 0.2) is 0 Å². The first-order chi connectivity index (χ1) is 9.85. The molecule has 2 aliphatic rings. The molecule has 0 aromatic carbocycles. The Balaban J connectivity index is 1.71. The Labute approximate surface area is 126 Å². The summed E-state index contributed by atoms with van der Waals surface area (Å²) < 4.78 is 5.33. The van der Waals surface area contributed by atoms with Gasteiger partial charge in [-0.25, -0.2) is 9.59 Å². The number of carbonyl (C=O) groups excluding carboxylic acids is 2. The lowest BCUT2D eigenvalue weighted by molar-refractivity contribution is 0.0171. The Morgan fingerprint density at radius 1 is 1.10 bits per heavy atom. The lowest BCUT2D eigenvalue weighted by atomic mass is 10.2. The molecule has 1 aliphatic carbocycles. The van der Waals surface area contributed by atoms with Crippen LogP contribution in [-0.2, 0) is 4.74 Å². The average Bonchev–Trinajstić information content (AvgIpc) is 3.21. The van der Waals surface area contributed by atoms with Gasteiger partial charge in [0, 0.05) is 32.4 Å². The van der Waals surface area contributed by atoms with Crippen LogP contribution in [0.5, 0.6) is 0 Å². The van der Waals surface area contributed by atoms with Gasteiger partial charge < -0.3 is 19.9 Å². The summed E-state index contributed by atoms with van der Waals surface area (Å²) in [6.45, 7) is 7.62.